The van der Waals surface area contributed by atoms with Crippen molar-refractivity contribution in [2.75, 3.05) is 6.61 Å². The minimum absolute atomic E-state index is 0.415. The fourth-order valence-electron chi connectivity index (χ4n) is 1.04. The molecule has 0 N–H and O–H groups in total. The highest BCUT2D eigenvalue weighted by Crippen LogP contribution is 2.13. The average Bonchev–Trinajstić information content (AvgIpc) is 2.56. The smallest absolute Gasteiger partial charge is 0.336 e. The topological polar surface area (TPSA) is 59.3 Å². The normalized spacial score (nSPS) is 24.5. The molecule has 0 radical (unpaired) electrons. The molecule has 1 aliphatic rings. The Morgan fingerprint density at radius 3 is 3.08 bits per heavy atom. The molecule has 0 aromatic heterocycles. The molecule has 2 atom stereocenters. The summed E-state index contributed by atoms with van der Waals surface area (Å²) < 4.78 is 9.83. The Balaban J connectivity index is 2.33. The Morgan fingerprint density at radius 1 is 1.83 bits per heavy atom. The van der Waals surface area contributed by atoms with Gasteiger partial charge in [0.05, 0.1) is 0 Å². The van der Waals surface area contributed by atoms with Gasteiger partial charge in [-0.3, -0.25) is 0 Å². The second-order valence-electron chi connectivity index (χ2n) is 2.71. The minimum Gasteiger partial charge on any atom is -0.445 e. The molecule has 1 fully saturated rings. The van der Waals surface area contributed by atoms with Gasteiger partial charge in [-0.25, -0.2) is 4.79 Å². The molecule has 66 valence electrons. The van der Waals surface area contributed by atoms with Crippen molar-refractivity contribution in [1.82, 2.24) is 0 Å². The van der Waals surface area contributed by atoms with Crippen LogP contribution in [0.3, 0.4) is 0 Å². The number of carbonyl (C=O) groups excluding carboxylic acids is 1. The molecule has 0 spiro atoms. The third-order valence-corrected chi connectivity index (χ3v) is 1.67. The van der Waals surface area contributed by atoms with Gasteiger partial charge in [0, 0.05) is 6.61 Å². The highest BCUT2D eigenvalue weighted by atomic mass is 16.6. The van der Waals surface area contributed by atoms with Crippen LogP contribution in [0.4, 0.5) is 0 Å². The Kier molecular flexibility index (Phi) is 3.06. The van der Waals surface area contributed by atoms with Crippen molar-refractivity contribution >= 4 is 5.97 Å². The lowest BCUT2D eigenvalue weighted by Crippen LogP contribution is -2.25. The number of carbonyl (C=O) groups is 1. The Hall–Kier alpha value is -1.08. The van der Waals surface area contributed by atoms with Crippen molar-refractivity contribution in [2.45, 2.75) is 32.0 Å². The fraction of sp³-hybridized carbons (Fsp3) is 0.750. The van der Waals surface area contributed by atoms with Crippen LogP contribution >= 0.6 is 0 Å². The standard InChI is InChI=1S/C8H11NO3/c1-6(5-9)12-8(10)7-3-2-4-11-7/h6-7H,2-4H2,1H3/t6?,7-/m0/s1. The van der Waals surface area contributed by atoms with Gasteiger partial charge >= 0.3 is 5.97 Å². The molecule has 1 heterocycles. The van der Waals surface area contributed by atoms with Gasteiger partial charge in [0.15, 0.2) is 12.2 Å². The van der Waals surface area contributed by atoms with Gasteiger partial charge in [0.1, 0.15) is 6.07 Å². The van der Waals surface area contributed by atoms with Gasteiger partial charge in [-0.15, -0.1) is 0 Å². The first kappa shape index (κ1) is 9.01. The van der Waals surface area contributed by atoms with Crippen molar-refractivity contribution in [2.24, 2.45) is 0 Å². The number of nitrogens with zero attached hydrogens (tertiary/aromatic N) is 1. The van der Waals surface area contributed by atoms with E-state index in [1.807, 2.05) is 6.07 Å². The van der Waals surface area contributed by atoms with E-state index in [9.17, 15) is 4.79 Å². The molecule has 0 aromatic rings. The van der Waals surface area contributed by atoms with E-state index in [1.54, 1.807) is 0 Å². The van der Waals surface area contributed by atoms with E-state index < -0.39 is 18.2 Å². The lowest BCUT2D eigenvalue weighted by molar-refractivity contribution is -0.156. The molecule has 0 aliphatic carbocycles. The summed E-state index contributed by atoms with van der Waals surface area (Å²) in [5.74, 6) is -0.415. The third kappa shape index (κ3) is 2.21. The molecule has 0 saturated carbocycles. The van der Waals surface area contributed by atoms with Crippen molar-refractivity contribution in [3.05, 3.63) is 0 Å². The van der Waals surface area contributed by atoms with Gasteiger partial charge in [-0.2, -0.15) is 5.26 Å². The first-order valence-corrected chi connectivity index (χ1v) is 3.95. The predicted octanol–water partition coefficient (Wildman–Crippen LogP) is 0.621. The molecule has 4 nitrogen and oxygen atoms in total. The molecule has 1 saturated heterocycles. The molecule has 1 rings (SSSR count). The number of nitriles is 1. The Morgan fingerprint density at radius 2 is 2.58 bits per heavy atom. The zero-order valence-corrected chi connectivity index (χ0v) is 6.95. The van der Waals surface area contributed by atoms with E-state index in [-0.39, 0.29) is 0 Å². The number of rotatable bonds is 2. The summed E-state index contributed by atoms with van der Waals surface area (Å²) in [5.41, 5.74) is 0. The van der Waals surface area contributed by atoms with Crippen LogP contribution in [-0.4, -0.2) is 24.8 Å². The van der Waals surface area contributed by atoms with E-state index in [1.165, 1.54) is 6.92 Å². The summed E-state index contributed by atoms with van der Waals surface area (Å²) in [6.07, 6.45) is 0.472. The van der Waals surface area contributed by atoms with Crippen LogP contribution in [0, 0.1) is 11.3 Å². The summed E-state index contributed by atoms with van der Waals surface area (Å²) in [7, 11) is 0. The maximum atomic E-state index is 11.1. The van der Waals surface area contributed by atoms with E-state index in [0.29, 0.717) is 13.0 Å². The highest BCUT2D eigenvalue weighted by Gasteiger charge is 2.26. The summed E-state index contributed by atoms with van der Waals surface area (Å²) in [4.78, 5) is 11.1. The lowest BCUT2D eigenvalue weighted by Gasteiger charge is -2.10. The quantitative estimate of drug-likeness (QED) is 0.568. The highest BCUT2D eigenvalue weighted by molar-refractivity contribution is 5.75. The molecule has 0 aromatic carbocycles. The molecule has 12 heavy (non-hydrogen) atoms. The first-order chi connectivity index (χ1) is 5.74. The molecule has 1 aliphatic heterocycles. The molecular formula is C8H11NO3. The van der Waals surface area contributed by atoms with E-state index >= 15 is 0 Å². The zero-order chi connectivity index (χ0) is 8.97. The van der Waals surface area contributed by atoms with Crippen LogP contribution in [0.25, 0.3) is 0 Å². The van der Waals surface area contributed by atoms with E-state index in [2.05, 4.69) is 0 Å². The average molecular weight is 169 g/mol. The lowest BCUT2D eigenvalue weighted by atomic mass is 10.2. The van der Waals surface area contributed by atoms with E-state index in [4.69, 9.17) is 14.7 Å². The number of hydrogen-bond acceptors (Lipinski definition) is 4. The number of hydrogen-bond donors (Lipinski definition) is 0. The minimum atomic E-state index is -0.679. The molecule has 4 heteroatoms. The van der Waals surface area contributed by atoms with Crippen LogP contribution in [0.15, 0.2) is 0 Å². The van der Waals surface area contributed by atoms with Gasteiger partial charge in [0.2, 0.25) is 0 Å². The first-order valence-electron chi connectivity index (χ1n) is 3.95. The summed E-state index contributed by atoms with van der Waals surface area (Å²) >= 11 is 0. The van der Waals surface area contributed by atoms with Gasteiger partial charge in [-0.05, 0) is 19.8 Å². The van der Waals surface area contributed by atoms with Crippen molar-refractivity contribution in [3.8, 4) is 6.07 Å². The zero-order valence-electron chi connectivity index (χ0n) is 6.95. The van der Waals surface area contributed by atoms with Crippen molar-refractivity contribution < 1.29 is 14.3 Å². The second-order valence-corrected chi connectivity index (χ2v) is 2.71. The molecule has 0 amide bonds. The number of ether oxygens (including phenoxy) is 2. The summed E-state index contributed by atoms with van der Waals surface area (Å²) in [5, 5.41) is 8.36. The SMILES string of the molecule is CC(C#N)OC(=O)[C@@H]1CCCO1. The third-order valence-electron chi connectivity index (χ3n) is 1.67. The largest absolute Gasteiger partial charge is 0.445 e. The summed E-state index contributed by atoms with van der Waals surface area (Å²) in [6, 6.07) is 1.82. The van der Waals surface area contributed by atoms with Crippen LogP contribution in [0.2, 0.25) is 0 Å². The van der Waals surface area contributed by atoms with Crippen LogP contribution in [0.1, 0.15) is 19.8 Å². The molecule has 0 bridgehead atoms. The number of esters is 1. The van der Waals surface area contributed by atoms with E-state index in [0.717, 1.165) is 6.42 Å². The van der Waals surface area contributed by atoms with Gasteiger partial charge in [0.25, 0.3) is 0 Å². The van der Waals surface area contributed by atoms with Crippen molar-refractivity contribution in [3.63, 3.8) is 0 Å². The van der Waals surface area contributed by atoms with Gasteiger partial charge in [-0.1, -0.05) is 0 Å². The van der Waals surface area contributed by atoms with Gasteiger partial charge < -0.3 is 9.47 Å². The molecular weight excluding hydrogens is 158 g/mol. The van der Waals surface area contributed by atoms with Crippen LogP contribution < -0.4 is 0 Å². The van der Waals surface area contributed by atoms with Crippen LogP contribution in [-0.2, 0) is 14.3 Å². The monoisotopic (exact) mass is 169 g/mol. The predicted molar refractivity (Wildman–Crippen MR) is 40.1 cm³/mol. The van der Waals surface area contributed by atoms with Crippen molar-refractivity contribution in [1.29, 1.82) is 5.26 Å². The molecule has 1 unspecified atom stereocenters. The Bertz CT molecular complexity index is 203. The maximum Gasteiger partial charge on any atom is 0.336 e. The fourth-order valence-corrected chi connectivity index (χ4v) is 1.04. The van der Waals surface area contributed by atoms with Crippen LogP contribution in [0.5, 0.6) is 0 Å². The maximum absolute atomic E-state index is 11.1. The second kappa shape index (κ2) is 4.07. The Labute approximate surface area is 71.1 Å². The summed E-state index contributed by atoms with van der Waals surface area (Å²) in [6.45, 7) is 2.15.